The quantitative estimate of drug-likeness (QED) is 0.155. The molecule has 0 aliphatic heterocycles. The van der Waals surface area contributed by atoms with Crippen LogP contribution in [-0.2, 0) is 16.2 Å². The van der Waals surface area contributed by atoms with Gasteiger partial charge >= 0.3 is 0 Å². The number of aryl methyl sites for hydroxylation is 2. The maximum atomic E-state index is 7.46. The summed E-state index contributed by atoms with van der Waals surface area (Å²) in [6.07, 6.45) is 3.95. The Morgan fingerprint density at radius 2 is 0.934 bits per heavy atom. The summed E-state index contributed by atoms with van der Waals surface area (Å²) >= 11 is 0. The molecule has 76 heavy (non-hydrogen) atoms. The number of hydrogen-bond donors (Lipinski definition) is 0. The molecule has 2 aliphatic carbocycles. The molecule has 3 heterocycles. The predicted octanol–water partition coefficient (Wildman–Crippen LogP) is 19.2. The summed E-state index contributed by atoms with van der Waals surface area (Å²) in [6, 6.07) is 72.2. The highest BCUT2D eigenvalue weighted by Gasteiger charge is 2.54. The van der Waals surface area contributed by atoms with Crippen LogP contribution in [0.2, 0.25) is 0 Å². The zero-order valence-corrected chi connectivity index (χ0v) is 44.3. The molecule has 2 aliphatic rings. The fraction of sp³-hybridized carbons (Fsp3) is 0.155. The summed E-state index contributed by atoms with van der Waals surface area (Å²) in [4.78, 5) is 15.0. The minimum Gasteiger partial charge on any atom is -0.455 e. The van der Waals surface area contributed by atoms with Crippen molar-refractivity contribution in [2.45, 2.75) is 71.6 Å². The smallest absolute Gasteiger partial charge is 0.145 e. The average Bonchev–Trinajstić information content (AvgIpc) is 4.28. The molecule has 0 saturated carbocycles. The van der Waals surface area contributed by atoms with Crippen molar-refractivity contribution in [1.29, 1.82) is 0 Å². The van der Waals surface area contributed by atoms with Gasteiger partial charge in [-0.1, -0.05) is 175 Å². The Morgan fingerprint density at radius 1 is 0.421 bits per heavy atom. The van der Waals surface area contributed by atoms with Crippen LogP contribution >= 0.6 is 0 Å². The Morgan fingerprint density at radius 3 is 1.51 bits per heavy atom. The van der Waals surface area contributed by atoms with Crippen molar-refractivity contribution in [3.63, 3.8) is 0 Å². The first-order chi connectivity index (χ1) is 36.8. The van der Waals surface area contributed by atoms with Crippen LogP contribution in [0.1, 0.15) is 86.1 Å². The standard InChI is InChI=1S/C71H58N4O/c1-43-25-37-62(72-41-43)74(47-31-27-45(28-32-47)69(3,4)5)49-35-36-54-56(39-49)50-17-9-10-20-53(50)65-66-59(71(67(54)65)57-22-14-11-18-51(57)52-19-12-15-23-58(52)71)40-60(64-55-21-13-16-24-61(55)76-68(64)66)75(63-38-26-44(2)42-73-63)48-33-29-46(30-34-48)70(6,7)8/h9-42H,1-8H3. The molecule has 0 bridgehead atoms. The largest absolute Gasteiger partial charge is 0.455 e. The predicted molar refractivity (Wildman–Crippen MR) is 317 cm³/mol. The van der Waals surface area contributed by atoms with E-state index in [0.717, 1.165) is 73.0 Å². The van der Waals surface area contributed by atoms with Gasteiger partial charge in [0.15, 0.2) is 0 Å². The first-order valence-corrected chi connectivity index (χ1v) is 26.6. The number of fused-ring (bicyclic) bond motifs is 19. The van der Waals surface area contributed by atoms with E-state index in [2.05, 4.69) is 259 Å². The van der Waals surface area contributed by atoms with Gasteiger partial charge in [-0.3, -0.25) is 9.80 Å². The number of para-hydroxylation sites is 1. The van der Waals surface area contributed by atoms with Crippen molar-refractivity contribution in [2.24, 2.45) is 0 Å². The van der Waals surface area contributed by atoms with Crippen LogP contribution in [0.4, 0.5) is 34.4 Å². The molecule has 1 spiro atoms. The summed E-state index contributed by atoms with van der Waals surface area (Å²) < 4.78 is 7.46. The van der Waals surface area contributed by atoms with Gasteiger partial charge in [0.25, 0.3) is 0 Å². The monoisotopic (exact) mass is 982 g/mol. The average molecular weight is 983 g/mol. The first kappa shape index (κ1) is 45.8. The van der Waals surface area contributed by atoms with Crippen LogP contribution in [0.3, 0.4) is 0 Å². The zero-order valence-electron chi connectivity index (χ0n) is 44.3. The molecule has 5 nitrogen and oxygen atoms in total. The number of aromatic nitrogens is 2. The lowest BCUT2D eigenvalue weighted by molar-refractivity contribution is 0.590. The van der Waals surface area contributed by atoms with E-state index in [1.165, 1.54) is 71.6 Å². The molecule has 14 rings (SSSR count). The molecule has 0 saturated heterocycles. The number of furan rings is 1. The second-order valence-corrected chi connectivity index (χ2v) is 23.1. The highest BCUT2D eigenvalue weighted by Crippen LogP contribution is 2.68. The van der Waals surface area contributed by atoms with Crippen molar-refractivity contribution in [2.75, 3.05) is 9.80 Å². The van der Waals surface area contributed by atoms with Gasteiger partial charge in [0.1, 0.15) is 22.8 Å². The Balaban J connectivity index is 1.13. The Bertz CT molecular complexity index is 4260. The fourth-order valence-corrected chi connectivity index (χ4v) is 12.7. The first-order valence-electron chi connectivity index (χ1n) is 26.6. The van der Waals surface area contributed by atoms with Gasteiger partial charge in [-0.05, 0) is 168 Å². The minimum absolute atomic E-state index is 0.0149. The molecule has 9 aromatic carbocycles. The number of anilines is 6. The normalized spacial score (nSPS) is 13.4. The Labute approximate surface area is 444 Å². The molecule has 0 amide bonds. The summed E-state index contributed by atoms with van der Waals surface area (Å²) in [7, 11) is 0. The van der Waals surface area contributed by atoms with Crippen molar-refractivity contribution in [3.05, 3.63) is 251 Å². The van der Waals surface area contributed by atoms with E-state index in [-0.39, 0.29) is 10.8 Å². The number of benzene rings is 9. The highest BCUT2D eigenvalue weighted by molar-refractivity contribution is 6.26. The minimum atomic E-state index is -0.757. The molecular weight excluding hydrogens is 925 g/mol. The number of pyridine rings is 2. The highest BCUT2D eigenvalue weighted by atomic mass is 16.3. The van der Waals surface area contributed by atoms with Crippen molar-refractivity contribution in [1.82, 2.24) is 9.97 Å². The summed E-state index contributed by atoms with van der Waals surface area (Å²) in [5.74, 6) is 1.70. The molecule has 3 aromatic heterocycles. The molecule has 12 aromatic rings. The zero-order chi connectivity index (χ0) is 51.8. The van der Waals surface area contributed by atoms with Crippen LogP contribution in [-0.4, -0.2) is 9.97 Å². The van der Waals surface area contributed by atoms with E-state index in [1.54, 1.807) is 0 Å². The maximum Gasteiger partial charge on any atom is 0.145 e. The second kappa shape index (κ2) is 16.6. The SMILES string of the molecule is Cc1ccc(N(c2ccc(C(C)(C)C)cc2)c2ccc3c4c(c5ccccc5c3c2)-c2c(cc(N(c3ccc(C(C)(C)C)cc3)c3ccc(C)cn3)c3c2oc2ccccc23)C42c3ccccc3-c3ccccc32)nc1. The number of nitrogens with zero attached hydrogens (tertiary/aromatic N) is 4. The summed E-state index contributed by atoms with van der Waals surface area (Å²) in [6.45, 7) is 17.8. The van der Waals surface area contributed by atoms with E-state index in [0.29, 0.717) is 0 Å². The molecule has 0 fully saturated rings. The van der Waals surface area contributed by atoms with Gasteiger partial charge in [-0.15, -0.1) is 0 Å². The van der Waals surface area contributed by atoms with Gasteiger partial charge in [0, 0.05) is 40.4 Å². The van der Waals surface area contributed by atoms with E-state index in [1.807, 2.05) is 12.4 Å². The number of hydrogen-bond acceptors (Lipinski definition) is 5. The molecular formula is C71H58N4O. The third-order valence-electron chi connectivity index (χ3n) is 16.4. The molecule has 368 valence electrons. The topological polar surface area (TPSA) is 45.4 Å². The van der Waals surface area contributed by atoms with Crippen LogP contribution in [0, 0.1) is 13.8 Å². The summed E-state index contributed by atoms with van der Waals surface area (Å²) in [5.41, 5.74) is 19.7. The Hall–Kier alpha value is -8.80. The molecule has 0 radical (unpaired) electrons. The molecule has 0 unspecified atom stereocenters. The van der Waals surface area contributed by atoms with Crippen LogP contribution in [0.25, 0.3) is 65.7 Å². The van der Waals surface area contributed by atoms with E-state index >= 15 is 0 Å². The van der Waals surface area contributed by atoms with Crippen LogP contribution in [0.5, 0.6) is 0 Å². The van der Waals surface area contributed by atoms with E-state index in [4.69, 9.17) is 14.4 Å². The van der Waals surface area contributed by atoms with Crippen molar-refractivity contribution in [3.8, 4) is 22.3 Å². The maximum absolute atomic E-state index is 7.46. The van der Waals surface area contributed by atoms with Crippen molar-refractivity contribution < 1.29 is 4.42 Å². The van der Waals surface area contributed by atoms with Gasteiger partial charge in [0.2, 0.25) is 0 Å². The van der Waals surface area contributed by atoms with E-state index < -0.39 is 5.41 Å². The Kier molecular flexibility index (Phi) is 10.0. The lowest BCUT2D eigenvalue weighted by Crippen LogP contribution is -2.26. The molecule has 5 heteroatoms. The lowest BCUT2D eigenvalue weighted by atomic mass is 9.69. The third-order valence-corrected chi connectivity index (χ3v) is 16.4. The second-order valence-electron chi connectivity index (χ2n) is 23.1. The van der Waals surface area contributed by atoms with Crippen LogP contribution < -0.4 is 9.80 Å². The van der Waals surface area contributed by atoms with E-state index in [9.17, 15) is 0 Å². The van der Waals surface area contributed by atoms with Crippen LogP contribution in [0.15, 0.2) is 211 Å². The number of rotatable bonds is 6. The third kappa shape index (κ3) is 6.70. The van der Waals surface area contributed by atoms with Crippen molar-refractivity contribution >= 4 is 77.9 Å². The van der Waals surface area contributed by atoms with Gasteiger partial charge in [-0.2, -0.15) is 0 Å². The van der Waals surface area contributed by atoms with Gasteiger partial charge in [-0.25, -0.2) is 9.97 Å². The molecule has 0 atom stereocenters. The van der Waals surface area contributed by atoms with Gasteiger partial charge < -0.3 is 4.42 Å². The van der Waals surface area contributed by atoms with Gasteiger partial charge in [0.05, 0.1) is 16.5 Å². The fourth-order valence-electron chi connectivity index (χ4n) is 12.7. The lowest BCUT2D eigenvalue weighted by Gasteiger charge is -2.33. The summed E-state index contributed by atoms with van der Waals surface area (Å²) in [5, 5.41) is 6.84. The molecule has 0 N–H and O–H groups in total.